The normalized spacial score (nSPS) is 17.9. The van der Waals surface area contributed by atoms with E-state index in [2.05, 4.69) is 21.8 Å². The molecule has 1 fully saturated rings. The van der Waals surface area contributed by atoms with E-state index in [-0.39, 0.29) is 24.4 Å². The van der Waals surface area contributed by atoms with E-state index in [0.29, 0.717) is 12.3 Å². The predicted molar refractivity (Wildman–Crippen MR) is 101 cm³/mol. The summed E-state index contributed by atoms with van der Waals surface area (Å²) in [6.07, 6.45) is 4.22. The van der Waals surface area contributed by atoms with Crippen LogP contribution < -0.4 is 10.6 Å². The van der Waals surface area contributed by atoms with Crippen molar-refractivity contribution >= 4 is 17.5 Å². The van der Waals surface area contributed by atoms with Crippen LogP contribution in [0.4, 0.5) is 5.69 Å². The van der Waals surface area contributed by atoms with Gasteiger partial charge >= 0.3 is 0 Å². The van der Waals surface area contributed by atoms with Crippen LogP contribution in [0.2, 0.25) is 0 Å². The number of aromatic nitrogens is 2. The first kappa shape index (κ1) is 20.9. The van der Waals surface area contributed by atoms with Crippen LogP contribution in [0.25, 0.3) is 0 Å². The summed E-state index contributed by atoms with van der Waals surface area (Å²) in [6.45, 7) is 9.70. The number of nitriles is 1. The number of carbonyl (C=O) groups excluding carboxylic acids is 2. The van der Waals surface area contributed by atoms with Crippen LogP contribution in [0.3, 0.4) is 0 Å². The van der Waals surface area contributed by atoms with E-state index < -0.39 is 16.7 Å². The highest BCUT2D eigenvalue weighted by molar-refractivity contribution is 6.03. The van der Waals surface area contributed by atoms with Gasteiger partial charge in [0.2, 0.25) is 5.91 Å². The molecule has 0 saturated carbocycles. The second kappa shape index (κ2) is 8.09. The molecule has 1 aliphatic rings. The van der Waals surface area contributed by atoms with E-state index in [1.165, 1.54) is 0 Å². The monoisotopic (exact) mass is 375 g/mol. The second-order valence-corrected chi connectivity index (χ2v) is 8.58. The summed E-state index contributed by atoms with van der Waals surface area (Å²) in [5.41, 5.74) is -0.841. The second-order valence-electron chi connectivity index (χ2n) is 8.58. The maximum absolute atomic E-state index is 12.7. The zero-order chi connectivity index (χ0) is 20.2. The summed E-state index contributed by atoms with van der Waals surface area (Å²) in [5.74, 6) is -0.643. The van der Waals surface area contributed by atoms with Crippen molar-refractivity contribution in [2.45, 2.75) is 60.1 Å². The molecule has 1 saturated heterocycles. The Bertz CT molecular complexity index is 734. The first-order valence-electron chi connectivity index (χ1n) is 9.25. The fraction of sp³-hybridized carbons (Fsp3) is 0.684. The highest BCUT2D eigenvalue weighted by Gasteiger charge is 2.28. The van der Waals surface area contributed by atoms with Crippen LogP contribution in [0.15, 0.2) is 6.20 Å². The van der Waals surface area contributed by atoms with Gasteiger partial charge in [0.25, 0.3) is 5.91 Å². The van der Waals surface area contributed by atoms with Crippen LogP contribution in [0, 0.1) is 22.2 Å². The third kappa shape index (κ3) is 5.54. The van der Waals surface area contributed by atoms with Crippen molar-refractivity contribution in [1.29, 1.82) is 5.26 Å². The van der Waals surface area contributed by atoms with E-state index >= 15 is 0 Å². The summed E-state index contributed by atoms with van der Waals surface area (Å²) >= 11 is 0. The van der Waals surface area contributed by atoms with Gasteiger partial charge in [-0.3, -0.25) is 9.59 Å². The fourth-order valence-corrected chi connectivity index (χ4v) is 2.47. The maximum atomic E-state index is 12.7. The molecule has 2 N–H and O–H groups in total. The number of rotatable bonds is 5. The summed E-state index contributed by atoms with van der Waals surface area (Å²) in [4.78, 5) is 25.1. The molecule has 0 radical (unpaired) electrons. The molecule has 2 heterocycles. The Morgan fingerprint density at radius 3 is 2.59 bits per heavy atom. The van der Waals surface area contributed by atoms with Gasteiger partial charge in [-0.2, -0.15) is 10.4 Å². The van der Waals surface area contributed by atoms with Crippen LogP contribution >= 0.6 is 0 Å². The topological polar surface area (TPSA) is 109 Å². The van der Waals surface area contributed by atoms with E-state index in [0.717, 1.165) is 19.3 Å². The summed E-state index contributed by atoms with van der Waals surface area (Å²) in [6, 6.07) is 2.14. The van der Waals surface area contributed by atoms with Crippen LogP contribution in [0.5, 0.6) is 0 Å². The molecule has 0 bridgehead atoms. The quantitative estimate of drug-likeness (QED) is 0.822. The molecule has 148 valence electrons. The van der Waals surface area contributed by atoms with Crippen molar-refractivity contribution in [1.82, 2.24) is 15.1 Å². The van der Waals surface area contributed by atoms with E-state index in [1.54, 1.807) is 45.5 Å². The number of hydrogen-bond acceptors (Lipinski definition) is 5. The highest BCUT2D eigenvalue weighted by Crippen LogP contribution is 2.26. The molecule has 8 nitrogen and oxygen atoms in total. The Kier molecular flexibility index (Phi) is 6.26. The Morgan fingerprint density at radius 2 is 2.04 bits per heavy atom. The van der Waals surface area contributed by atoms with Gasteiger partial charge in [0.15, 0.2) is 5.69 Å². The molecule has 2 amide bonds. The van der Waals surface area contributed by atoms with Crippen molar-refractivity contribution in [2.24, 2.45) is 10.8 Å². The lowest BCUT2D eigenvalue weighted by Gasteiger charge is -2.22. The molecule has 0 spiro atoms. The average Bonchev–Trinajstić information content (AvgIpc) is 3.03. The molecule has 0 aliphatic carbocycles. The largest absolute Gasteiger partial charge is 0.357 e. The minimum absolute atomic E-state index is 0.121. The van der Waals surface area contributed by atoms with Gasteiger partial charge in [0.05, 0.1) is 23.4 Å². The molecule has 1 aromatic rings. The number of amides is 2. The molecule has 27 heavy (non-hydrogen) atoms. The summed E-state index contributed by atoms with van der Waals surface area (Å²) in [7, 11) is 0. The van der Waals surface area contributed by atoms with Gasteiger partial charge in [0, 0.05) is 18.6 Å². The van der Waals surface area contributed by atoms with Gasteiger partial charge in [-0.15, -0.1) is 0 Å². The number of ether oxygens (including phenoxy) is 1. The third-order valence-electron chi connectivity index (χ3n) is 4.32. The SMILES string of the molecule is CC(C)(C#N)CNC(=O)c1nn(C2CCCCO2)cc1NC(=O)C(C)(C)C. The lowest BCUT2D eigenvalue weighted by molar-refractivity contribution is -0.123. The minimum Gasteiger partial charge on any atom is -0.357 e. The standard InChI is InChI=1S/C19H29N5O3/c1-18(2,3)17(26)22-13-10-24(14-8-6-7-9-27-14)23-15(13)16(25)21-12-19(4,5)11-20/h10,14H,6-9,12H2,1-5H3,(H,21,25)(H,22,26). The molecule has 0 aromatic carbocycles. The summed E-state index contributed by atoms with van der Waals surface area (Å²) in [5, 5.41) is 19.0. The maximum Gasteiger partial charge on any atom is 0.274 e. The van der Waals surface area contributed by atoms with Gasteiger partial charge in [-0.05, 0) is 33.1 Å². The molecular formula is C19H29N5O3. The van der Waals surface area contributed by atoms with Crippen molar-refractivity contribution in [3.8, 4) is 6.07 Å². The van der Waals surface area contributed by atoms with Crippen molar-refractivity contribution in [3.63, 3.8) is 0 Å². The Balaban J connectivity index is 2.26. The molecule has 1 atom stereocenters. The molecule has 2 rings (SSSR count). The number of hydrogen-bond donors (Lipinski definition) is 2. The Morgan fingerprint density at radius 1 is 1.33 bits per heavy atom. The molecular weight excluding hydrogens is 346 g/mol. The zero-order valence-corrected chi connectivity index (χ0v) is 16.8. The molecule has 1 aliphatic heterocycles. The Hall–Kier alpha value is -2.40. The highest BCUT2D eigenvalue weighted by atomic mass is 16.5. The molecule has 8 heteroatoms. The fourth-order valence-electron chi connectivity index (χ4n) is 2.47. The third-order valence-corrected chi connectivity index (χ3v) is 4.32. The lowest BCUT2D eigenvalue weighted by atomic mass is 9.95. The number of carbonyl (C=O) groups is 2. The lowest BCUT2D eigenvalue weighted by Crippen LogP contribution is -2.34. The number of anilines is 1. The zero-order valence-electron chi connectivity index (χ0n) is 16.8. The van der Waals surface area contributed by atoms with E-state index in [4.69, 9.17) is 10.00 Å². The van der Waals surface area contributed by atoms with Crippen molar-refractivity contribution in [2.75, 3.05) is 18.5 Å². The van der Waals surface area contributed by atoms with Gasteiger partial charge in [0.1, 0.15) is 6.23 Å². The Labute approximate surface area is 160 Å². The number of nitrogens with one attached hydrogen (secondary N) is 2. The van der Waals surface area contributed by atoms with Gasteiger partial charge < -0.3 is 15.4 Å². The van der Waals surface area contributed by atoms with Crippen molar-refractivity contribution < 1.29 is 14.3 Å². The van der Waals surface area contributed by atoms with Crippen LogP contribution in [0.1, 0.15) is 70.6 Å². The van der Waals surface area contributed by atoms with E-state index in [9.17, 15) is 9.59 Å². The average molecular weight is 375 g/mol. The van der Waals surface area contributed by atoms with Crippen LogP contribution in [-0.2, 0) is 9.53 Å². The van der Waals surface area contributed by atoms with Gasteiger partial charge in [-0.1, -0.05) is 20.8 Å². The first-order chi connectivity index (χ1) is 12.5. The van der Waals surface area contributed by atoms with Gasteiger partial charge in [-0.25, -0.2) is 4.68 Å². The first-order valence-corrected chi connectivity index (χ1v) is 9.25. The van der Waals surface area contributed by atoms with Crippen molar-refractivity contribution in [3.05, 3.63) is 11.9 Å². The van der Waals surface area contributed by atoms with E-state index in [1.807, 2.05) is 0 Å². The molecule has 1 unspecified atom stereocenters. The van der Waals surface area contributed by atoms with Crippen LogP contribution in [-0.4, -0.2) is 34.7 Å². The smallest absolute Gasteiger partial charge is 0.274 e. The number of nitrogens with zero attached hydrogens (tertiary/aromatic N) is 3. The predicted octanol–water partition coefficient (Wildman–Crippen LogP) is 2.85. The summed E-state index contributed by atoms with van der Waals surface area (Å²) < 4.78 is 7.33. The minimum atomic E-state index is -0.695. The molecule has 1 aromatic heterocycles.